The van der Waals surface area contributed by atoms with Crippen molar-refractivity contribution in [2.75, 3.05) is 13.7 Å². The summed E-state index contributed by atoms with van der Waals surface area (Å²) in [6, 6.07) is 0. The van der Waals surface area contributed by atoms with Gasteiger partial charge in [0.25, 0.3) is 0 Å². The average Bonchev–Trinajstić information content (AvgIpc) is 2.89. The van der Waals surface area contributed by atoms with Crippen molar-refractivity contribution in [1.29, 1.82) is 0 Å². The summed E-state index contributed by atoms with van der Waals surface area (Å²) in [6.07, 6.45) is 12.1. The van der Waals surface area contributed by atoms with Gasteiger partial charge in [-0.1, -0.05) is 53.2 Å². The number of methoxy groups -OCH3 is 1. The Hall–Kier alpha value is -1.85. The third kappa shape index (κ3) is 4.34. The molecule has 6 nitrogen and oxygen atoms in total. The first-order valence-corrected chi connectivity index (χ1v) is 16.1. The van der Waals surface area contributed by atoms with E-state index in [1.165, 1.54) is 19.4 Å². The Morgan fingerprint density at radius 1 is 0.854 bits per heavy atom. The first-order valence-electron chi connectivity index (χ1n) is 16.1. The molecular formula is C35H54O6. The predicted octanol–water partition coefficient (Wildman–Crippen LogP) is 7.44. The van der Waals surface area contributed by atoms with Crippen LogP contribution < -0.4 is 0 Å². The van der Waals surface area contributed by atoms with Gasteiger partial charge in [0.2, 0.25) is 0 Å². The predicted molar refractivity (Wildman–Crippen MR) is 158 cm³/mol. The molecule has 0 bridgehead atoms. The van der Waals surface area contributed by atoms with E-state index in [1.807, 2.05) is 0 Å². The van der Waals surface area contributed by atoms with Gasteiger partial charge in [-0.05, 0) is 104 Å². The van der Waals surface area contributed by atoms with Crippen molar-refractivity contribution in [3.05, 3.63) is 11.6 Å². The van der Waals surface area contributed by atoms with E-state index in [2.05, 4.69) is 47.6 Å². The zero-order valence-corrected chi connectivity index (χ0v) is 27.1. The van der Waals surface area contributed by atoms with Crippen LogP contribution in [0.2, 0.25) is 0 Å². The molecule has 0 aromatic heterocycles. The Kier molecular flexibility index (Phi) is 7.34. The van der Waals surface area contributed by atoms with Crippen LogP contribution in [0.1, 0.15) is 120 Å². The highest BCUT2D eigenvalue weighted by molar-refractivity contribution is 5.78. The molecule has 4 fully saturated rings. The van der Waals surface area contributed by atoms with Crippen LogP contribution in [0.15, 0.2) is 11.6 Å². The zero-order chi connectivity index (χ0) is 30.2. The maximum atomic E-state index is 13.5. The number of carbonyl (C=O) groups excluding carboxylic acids is 3. The van der Waals surface area contributed by atoms with Crippen molar-refractivity contribution in [2.24, 2.45) is 50.2 Å². The van der Waals surface area contributed by atoms with E-state index in [1.54, 1.807) is 7.11 Å². The fourth-order valence-corrected chi connectivity index (χ4v) is 11.5. The summed E-state index contributed by atoms with van der Waals surface area (Å²) in [5.74, 6) is 0.404. The van der Waals surface area contributed by atoms with Gasteiger partial charge in [-0.25, -0.2) is 0 Å². The molecule has 5 aliphatic rings. The molecule has 9 unspecified atom stereocenters. The number of carbonyl (C=O) groups is 3. The van der Waals surface area contributed by atoms with Crippen LogP contribution in [0, 0.1) is 50.2 Å². The quantitative estimate of drug-likeness (QED) is 0.199. The third-order valence-corrected chi connectivity index (χ3v) is 13.9. The molecule has 0 spiro atoms. The third-order valence-electron chi connectivity index (χ3n) is 13.9. The van der Waals surface area contributed by atoms with Crippen molar-refractivity contribution in [1.82, 2.24) is 0 Å². The van der Waals surface area contributed by atoms with Crippen LogP contribution in [-0.4, -0.2) is 37.7 Å². The van der Waals surface area contributed by atoms with Gasteiger partial charge >= 0.3 is 17.9 Å². The molecule has 4 saturated carbocycles. The highest BCUT2D eigenvalue weighted by Gasteiger charge is 2.70. The van der Waals surface area contributed by atoms with Crippen LogP contribution in [0.4, 0.5) is 0 Å². The fraction of sp³-hybridized carbons (Fsp3) is 0.857. The van der Waals surface area contributed by atoms with Crippen LogP contribution in [0.5, 0.6) is 0 Å². The van der Waals surface area contributed by atoms with Crippen molar-refractivity contribution < 1.29 is 28.6 Å². The van der Waals surface area contributed by atoms with E-state index >= 15 is 0 Å². The Balaban J connectivity index is 1.56. The Morgan fingerprint density at radius 2 is 1.54 bits per heavy atom. The second-order valence-electron chi connectivity index (χ2n) is 16.3. The summed E-state index contributed by atoms with van der Waals surface area (Å²) in [7, 11) is 1.56. The summed E-state index contributed by atoms with van der Waals surface area (Å²) in [5, 5.41) is 0. The standard InChI is InChI=1S/C35H54O6/c1-22(36)40-21-32(6)26-12-15-34(8)27(31(26,5)14-13-28(32)41-23(2)37)11-10-24-25-20-30(3,4)16-18-35(25,29(38)39-9)19-17-33(24,34)7/h10,25-28H,11-21H2,1-9H3. The van der Waals surface area contributed by atoms with Gasteiger partial charge in [0.05, 0.1) is 12.5 Å². The van der Waals surface area contributed by atoms with Crippen LogP contribution in [-0.2, 0) is 28.6 Å². The Labute approximate surface area is 247 Å². The molecule has 230 valence electrons. The average molecular weight is 571 g/mol. The van der Waals surface area contributed by atoms with Gasteiger partial charge in [0.15, 0.2) is 0 Å². The second-order valence-corrected chi connectivity index (χ2v) is 16.3. The SMILES string of the molecule is COC(=O)C12CCC(C)(C)CC1C1=CCC3C4(C)CCC(OC(C)=O)C(C)(COC(C)=O)C4CCC3(C)C1(C)CC2. The number of hydrogen-bond acceptors (Lipinski definition) is 6. The molecule has 0 N–H and O–H groups in total. The van der Waals surface area contributed by atoms with Gasteiger partial charge in [0.1, 0.15) is 12.7 Å². The van der Waals surface area contributed by atoms with Gasteiger partial charge in [-0.2, -0.15) is 0 Å². The number of hydrogen-bond donors (Lipinski definition) is 0. The lowest BCUT2D eigenvalue weighted by atomic mass is 9.33. The largest absolute Gasteiger partial charge is 0.469 e. The van der Waals surface area contributed by atoms with E-state index in [-0.39, 0.29) is 64.1 Å². The van der Waals surface area contributed by atoms with Crippen molar-refractivity contribution in [3.8, 4) is 0 Å². The summed E-state index contributed by atoms with van der Waals surface area (Å²) in [5.41, 5.74) is 1.02. The molecule has 0 radical (unpaired) electrons. The minimum atomic E-state index is -0.434. The van der Waals surface area contributed by atoms with Gasteiger partial charge in [-0.3, -0.25) is 14.4 Å². The first kappa shape index (κ1) is 30.6. The van der Waals surface area contributed by atoms with Crippen LogP contribution >= 0.6 is 0 Å². The highest BCUT2D eigenvalue weighted by Crippen LogP contribution is 2.76. The lowest BCUT2D eigenvalue weighted by Gasteiger charge is -2.71. The van der Waals surface area contributed by atoms with Crippen LogP contribution in [0.3, 0.4) is 0 Å². The summed E-state index contributed by atoms with van der Waals surface area (Å²) >= 11 is 0. The molecule has 0 aliphatic heterocycles. The minimum Gasteiger partial charge on any atom is -0.469 e. The number of esters is 3. The van der Waals surface area contributed by atoms with Gasteiger partial charge in [0, 0.05) is 19.3 Å². The van der Waals surface area contributed by atoms with E-state index in [9.17, 15) is 14.4 Å². The van der Waals surface area contributed by atoms with E-state index in [4.69, 9.17) is 14.2 Å². The minimum absolute atomic E-state index is 0.00562. The zero-order valence-electron chi connectivity index (χ0n) is 27.1. The summed E-state index contributed by atoms with van der Waals surface area (Å²) < 4.78 is 17.1. The Morgan fingerprint density at radius 3 is 2.17 bits per heavy atom. The normalized spacial score (nSPS) is 46.4. The summed E-state index contributed by atoms with van der Waals surface area (Å²) in [4.78, 5) is 37.6. The molecule has 5 rings (SSSR count). The molecule has 41 heavy (non-hydrogen) atoms. The van der Waals surface area contributed by atoms with Gasteiger partial charge < -0.3 is 14.2 Å². The van der Waals surface area contributed by atoms with E-state index < -0.39 is 10.8 Å². The van der Waals surface area contributed by atoms with Crippen molar-refractivity contribution in [3.63, 3.8) is 0 Å². The monoisotopic (exact) mass is 570 g/mol. The van der Waals surface area contributed by atoms with Crippen molar-refractivity contribution >= 4 is 17.9 Å². The van der Waals surface area contributed by atoms with Crippen LogP contribution in [0.25, 0.3) is 0 Å². The molecule has 0 aromatic carbocycles. The lowest BCUT2D eigenvalue weighted by Crippen LogP contribution is -2.66. The van der Waals surface area contributed by atoms with E-state index in [0.717, 1.165) is 64.2 Å². The number of ether oxygens (including phenoxy) is 3. The highest BCUT2D eigenvalue weighted by atomic mass is 16.6. The molecule has 6 heteroatoms. The Bertz CT molecular complexity index is 1140. The first-order chi connectivity index (χ1) is 19.0. The number of rotatable bonds is 4. The fourth-order valence-electron chi connectivity index (χ4n) is 11.5. The molecule has 0 saturated heterocycles. The number of allylic oxidation sites excluding steroid dienone is 2. The lowest BCUT2D eigenvalue weighted by molar-refractivity contribution is -0.226. The molecule has 0 aromatic rings. The van der Waals surface area contributed by atoms with E-state index in [0.29, 0.717) is 5.92 Å². The molecule has 9 atom stereocenters. The molecule has 0 amide bonds. The second kappa shape index (κ2) is 9.84. The number of fused-ring (bicyclic) bond motifs is 7. The smallest absolute Gasteiger partial charge is 0.312 e. The maximum Gasteiger partial charge on any atom is 0.312 e. The molecule has 5 aliphatic carbocycles. The maximum absolute atomic E-state index is 13.5. The topological polar surface area (TPSA) is 78.9 Å². The summed E-state index contributed by atoms with van der Waals surface area (Å²) in [6.45, 7) is 17.7. The molecule has 0 heterocycles. The van der Waals surface area contributed by atoms with Crippen molar-refractivity contribution in [2.45, 2.75) is 126 Å². The molecular weight excluding hydrogens is 516 g/mol. The van der Waals surface area contributed by atoms with Gasteiger partial charge in [-0.15, -0.1) is 0 Å².